The summed E-state index contributed by atoms with van der Waals surface area (Å²) in [6, 6.07) is 7.94. The highest BCUT2D eigenvalue weighted by Crippen LogP contribution is 2.16. The van der Waals surface area contributed by atoms with Gasteiger partial charge in [0.25, 0.3) is 0 Å². The second kappa shape index (κ2) is 4.53. The summed E-state index contributed by atoms with van der Waals surface area (Å²) in [5.41, 5.74) is 7.61. The highest BCUT2D eigenvalue weighted by atomic mass is 15.1. The van der Waals surface area contributed by atoms with Crippen LogP contribution in [0.15, 0.2) is 24.3 Å². The normalized spacial score (nSPS) is 21.8. The molecule has 1 aliphatic heterocycles. The summed E-state index contributed by atoms with van der Waals surface area (Å²) in [6.45, 7) is 3.50. The fraction of sp³-hybridized carbons (Fsp3) is 0.500. The number of benzene rings is 1. The van der Waals surface area contributed by atoms with Gasteiger partial charge in [-0.2, -0.15) is 0 Å². The van der Waals surface area contributed by atoms with Crippen LogP contribution in [-0.4, -0.2) is 31.6 Å². The molecular formula is C12H19N3. The first-order valence-electron chi connectivity index (χ1n) is 5.52. The third-order valence-electron chi connectivity index (χ3n) is 2.99. The Bertz CT molecular complexity index is 307. The first-order valence-corrected chi connectivity index (χ1v) is 5.52. The van der Waals surface area contributed by atoms with E-state index in [2.05, 4.69) is 17.3 Å². The lowest BCUT2D eigenvalue weighted by molar-refractivity contribution is 0.399. The first-order chi connectivity index (χ1) is 7.24. The maximum atomic E-state index is 5.63. The van der Waals surface area contributed by atoms with E-state index in [9.17, 15) is 0 Å². The maximum absolute atomic E-state index is 5.63. The van der Waals surface area contributed by atoms with Gasteiger partial charge in [0.1, 0.15) is 0 Å². The van der Waals surface area contributed by atoms with Gasteiger partial charge in [-0.25, -0.2) is 0 Å². The maximum Gasteiger partial charge on any atom is 0.0341 e. The summed E-state index contributed by atoms with van der Waals surface area (Å²) in [6.07, 6.45) is 1.30. The summed E-state index contributed by atoms with van der Waals surface area (Å²) >= 11 is 0. The Morgan fingerprint density at radius 1 is 1.40 bits per heavy atom. The number of rotatable bonds is 3. The van der Waals surface area contributed by atoms with Crippen molar-refractivity contribution in [3.63, 3.8) is 0 Å². The molecule has 1 atom stereocenters. The van der Waals surface area contributed by atoms with E-state index >= 15 is 0 Å². The van der Waals surface area contributed by atoms with Gasteiger partial charge in [0.2, 0.25) is 0 Å². The average Bonchev–Trinajstić information content (AvgIpc) is 2.64. The Morgan fingerprint density at radius 3 is 2.73 bits per heavy atom. The van der Waals surface area contributed by atoms with Crippen LogP contribution in [0.5, 0.6) is 0 Å². The first kappa shape index (κ1) is 10.3. The minimum atomic E-state index is 0.785. The van der Waals surface area contributed by atoms with Crippen LogP contribution in [0.2, 0.25) is 0 Å². The molecule has 0 aliphatic carbocycles. The van der Waals surface area contributed by atoms with Crippen LogP contribution in [0.1, 0.15) is 6.42 Å². The Labute approximate surface area is 91.3 Å². The lowest BCUT2D eigenvalue weighted by Gasteiger charge is -2.12. The Balaban J connectivity index is 1.80. The molecule has 1 aromatic rings. The van der Waals surface area contributed by atoms with Crippen molar-refractivity contribution < 1.29 is 0 Å². The van der Waals surface area contributed by atoms with Gasteiger partial charge in [-0.3, -0.25) is 0 Å². The van der Waals surface area contributed by atoms with Crippen molar-refractivity contribution in [1.29, 1.82) is 0 Å². The fourth-order valence-corrected chi connectivity index (χ4v) is 2.06. The number of nitrogens with zero attached hydrogens (tertiary/aromatic N) is 1. The molecule has 1 aromatic carbocycles. The largest absolute Gasteiger partial charge is 0.399 e. The van der Waals surface area contributed by atoms with Crippen LogP contribution in [0.25, 0.3) is 0 Å². The van der Waals surface area contributed by atoms with Crippen molar-refractivity contribution in [1.82, 2.24) is 4.90 Å². The molecule has 1 unspecified atom stereocenters. The van der Waals surface area contributed by atoms with Gasteiger partial charge in [-0.15, -0.1) is 0 Å². The van der Waals surface area contributed by atoms with Crippen LogP contribution < -0.4 is 11.1 Å². The number of likely N-dealkylation sites (tertiary alicyclic amines) is 1. The topological polar surface area (TPSA) is 41.3 Å². The Morgan fingerprint density at radius 2 is 2.13 bits per heavy atom. The number of nitrogens with one attached hydrogen (secondary N) is 1. The number of hydrogen-bond donors (Lipinski definition) is 2. The van der Waals surface area contributed by atoms with Crippen LogP contribution >= 0.6 is 0 Å². The van der Waals surface area contributed by atoms with E-state index in [0.717, 1.165) is 18.2 Å². The monoisotopic (exact) mass is 205 g/mol. The summed E-state index contributed by atoms with van der Waals surface area (Å²) < 4.78 is 0. The SMILES string of the molecule is CN1CCC(CNc2ccc(N)cc2)C1. The zero-order valence-corrected chi connectivity index (χ0v) is 9.24. The van der Waals surface area contributed by atoms with Gasteiger partial charge in [0.05, 0.1) is 0 Å². The van der Waals surface area contributed by atoms with Crippen molar-refractivity contribution in [3.05, 3.63) is 24.3 Å². The molecule has 3 N–H and O–H groups in total. The molecule has 0 radical (unpaired) electrons. The standard InChI is InChI=1S/C12H19N3/c1-15-7-6-10(9-15)8-14-12-4-2-11(13)3-5-12/h2-5,10,14H,6-9,13H2,1H3. The van der Waals surface area contributed by atoms with Gasteiger partial charge >= 0.3 is 0 Å². The molecule has 0 bridgehead atoms. The summed E-state index contributed by atoms with van der Waals surface area (Å²) in [5.74, 6) is 0.785. The minimum absolute atomic E-state index is 0.785. The zero-order valence-electron chi connectivity index (χ0n) is 9.24. The molecule has 1 saturated heterocycles. The Kier molecular flexibility index (Phi) is 3.11. The number of nitrogens with two attached hydrogens (primary N) is 1. The second-order valence-electron chi connectivity index (χ2n) is 4.42. The molecule has 3 nitrogen and oxygen atoms in total. The lowest BCUT2D eigenvalue weighted by atomic mass is 10.1. The van der Waals surface area contributed by atoms with E-state index in [-0.39, 0.29) is 0 Å². The van der Waals surface area contributed by atoms with E-state index in [1.54, 1.807) is 0 Å². The molecular weight excluding hydrogens is 186 g/mol. The van der Waals surface area contributed by atoms with Crippen molar-refractivity contribution in [2.75, 3.05) is 37.7 Å². The van der Waals surface area contributed by atoms with Crippen molar-refractivity contribution >= 4 is 11.4 Å². The predicted octanol–water partition coefficient (Wildman–Crippen LogP) is 1.63. The molecule has 0 saturated carbocycles. The number of anilines is 2. The van der Waals surface area contributed by atoms with E-state index in [4.69, 9.17) is 5.73 Å². The van der Waals surface area contributed by atoms with Gasteiger partial charge in [0.15, 0.2) is 0 Å². The van der Waals surface area contributed by atoms with Crippen molar-refractivity contribution in [3.8, 4) is 0 Å². The molecule has 0 aromatic heterocycles. The van der Waals surface area contributed by atoms with Gasteiger partial charge in [-0.1, -0.05) is 0 Å². The van der Waals surface area contributed by atoms with Crippen LogP contribution in [0, 0.1) is 5.92 Å². The van der Waals surface area contributed by atoms with E-state index in [0.29, 0.717) is 0 Å². The highest BCUT2D eigenvalue weighted by Gasteiger charge is 2.18. The van der Waals surface area contributed by atoms with Crippen molar-refractivity contribution in [2.45, 2.75) is 6.42 Å². The predicted molar refractivity (Wildman–Crippen MR) is 64.9 cm³/mol. The van der Waals surface area contributed by atoms with Gasteiger partial charge < -0.3 is 16.0 Å². The molecule has 2 rings (SSSR count). The lowest BCUT2D eigenvalue weighted by Crippen LogP contribution is -2.19. The average molecular weight is 205 g/mol. The van der Waals surface area contributed by atoms with Crippen LogP contribution in [-0.2, 0) is 0 Å². The molecule has 0 spiro atoms. The molecule has 1 fully saturated rings. The molecule has 82 valence electrons. The van der Waals surface area contributed by atoms with Crippen LogP contribution in [0.4, 0.5) is 11.4 Å². The number of hydrogen-bond acceptors (Lipinski definition) is 3. The quantitative estimate of drug-likeness (QED) is 0.737. The summed E-state index contributed by atoms with van der Waals surface area (Å²) in [5, 5.41) is 3.45. The molecule has 15 heavy (non-hydrogen) atoms. The zero-order chi connectivity index (χ0) is 10.7. The van der Waals surface area contributed by atoms with Crippen molar-refractivity contribution in [2.24, 2.45) is 5.92 Å². The van der Waals surface area contributed by atoms with Gasteiger partial charge in [-0.05, 0) is 50.2 Å². The Hall–Kier alpha value is -1.22. The van der Waals surface area contributed by atoms with E-state index in [1.807, 2.05) is 24.3 Å². The highest BCUT2D eigenvalue weighted by molar-refractivity contribution is 5.51. The third-order valence-corrected chi connectivity index (χ3v) is 2.99. The summed E-state index contributed by atoms with van der Waals surface area (Å²) in [4.78, 5) is 2.38. The van der Waals surface area contributed by atoms with Gasteiger partial charge in [0, 0.05) is 24.5 Å². The van der Waals surface area contributed by atoms with Crippen LogP contribution in [0.3, 0.4) is 0 Å². The third kappa shape index (κ3) is 2.86. The van der Waals surface area contributed by atoms with E-state index in [1.165, 1.54) is 25.2 Å². The number of nitrogen functional groups attached to an aromatic ring is 1. The second-order valence-corrected chi connectivity index (χ2v) is 4.42. The minimum Gasteiger partial charge on any atom is -0.399 e. The molecule has 0 amide bonds. The molecule has 1 heterocycles. The smallest absolute Gasteiger partial charge is 0.0341 e. The molecule has 3 heteroatoms. The summed E-state index contributed by atoms with van der Waals surface area (Å²) in [7, 11) is 2.18. The molecule has 1 aliphatic rings. The fourth-order valence-electron chi connectivity index (χ4n) is 2.06. The van der Waals surface area contributed by atoms with E-state index < -0.39 is 0 Å².